The van der Waals surface area contributed by atoms with Crippen molar-refractivity contribution in [3.05, 3.63) is 34.4 Å². The molecular weight excluding hydrogens is 560 g/mol. The van der Waals surface area contributed by atoms with E-state index in [1.54, 1.807) is 12.1 Å². The minimum Gasteiger partial charge on any atom is -0.478 e. The van der Waals surface area contributed by atoms with Crippen LogP contribution in [-0.4, -0.2) is 145 Å². The van der Waals surface area contributed by atoms with Gasteiger partial charge in [-0.1, -0.05) is 0 Å². The van der Waals surface area contributed by atoms with Gasteiger partial charge in [0.05, 0.1) is 144 Å². The van der Waals surface area contributed by atoms with Crippen molar-refractivity contribution in [2.24, 2.45) is 0 Å². The lowest BCUT2D eigenvalue weighted by Crippen LogP contribution is -2.14. The van der Waals surface area contributed by atoms with Gasteiger partial charge in [-0.25, -0.2) is 4.79 Å². The Bertz CT molecular complexity index is 736. The van der Waals surface area contributed by atoms with E-state index in [2.05, 4.69) is 0 Å². The van der Waals surface area contributed by atoms with Crippen molar-refractivity contribution in [1.82, 2.24) is 0 Å². The van der Waals surface area contributed by atoms with Crippen LogP contribution < -0.4 is 0 Å². The molecule has 0 amide bonds. The van der Waals surface area contributed by atoms with E-state index in [1.165, 1.54) is 0 Å². The Labute approximate surface area is 247 Å². The van der Waals surface area contributed by atoms with E-state index < -0.39 is 5.97 Å². The molecule has 0 bridgehead atoms. The van der Waals surface area contributed by atoms with Crippen LogP contribution in [0.2, 0.25) is 0 Å². The summed E-state index contributed by atoms with van der Waals surface area (Å²) in [7, 11) is 0. The summed E-state index contributed by atoms with van der Waals surface area (Å²) in [6.45, 7) is 5.24. The minimum atomic E-state index is -1.07. The van der Waals surface area contributed by atoms with Crippen molar-refractivity contribution in [3.63, 3.8) is 0 Å². The van der Waals surface area contributed by atoms with Crippen LogP contribution in [0.3, 0.4) is 0 Å². The molecule has 1 aromatic carbocycles. The molecule has 14 heteroatoms. The van der Waals surface area contributed by atoms with Crippen molar-refractivity contribution in [1.29, 1.82) is 0 Å². The van der Waals surface area contributed by atoms with Crippen LogP contribution in [0.1, 0.15) is 27.0 Å². The molecule has 0 saturated heterocycles. The first-order valence-electron chi connectivity index (χ1n) is 14.0. The SMILES string of the molecule is O=C(O)c1cc(COCCOCCOCCO)c(COCCOCCOCCO)c(COCCOCCOCCO)c1. The number of benzene rings is 1. The van der Waals surface area contributed by atoms with Crippen LogP contribution in [0.5, 0.6) is 0 Å². The number of ether oxygens (including phenoxy) is 9. The van der Waals surface area contributed by atoms with Crippen LogP contribution in [0.25, 0.3) is 0 Å². The van der Waals surface area contributed by atoms with Crippen molar-refractivity contribution < 1.29 is 67.9 Å². The molecule has 0 saturated carbocycles. The second kappa shape index (κ2) is 28.0. The van der Waals surface area contributed by atoms with E-state index in [4.69, 9.17) is 58.0 Å². The summed E-state index contributed by atoms with van der Waals surface area (Å²) in [5.41, 5.74) is 2.20. The second-order valence-corrected chi connectivity index (χ2v) is 8.58. The van der Waals surface area contributed by atoms with Gasteiger partial charge in [-0.05, 0) is 28.8 Å². The van der Waals surface area contributed by atoms with Crippen molar-refractivity contribution in [3.8, 4) is 0 Å². The molecule has 0 aromatic heterocycles. The number of rotatable bonds is 31. The highest BCUT2D eigenvalue weighted by Crippen LogP contribution is 2.22. The third kappa shape index (κ3) is 20.2. The van der Waals surface area contributed by atoms with E-state index in [-0.39, 0.29) is 78.2 Å². The summed E-state index contributed by atoms with van der Waals surface area (Å²) in [5, 5.41) is 35.8. The molecule has 0 spiro atoms. The Morgan fingerprint density at radius 3 is 1.05 bits per heavy atom. The van der Waals surface area contributed by atoms with Gasteiger partial charge < -0.3 is 63.1 Å². The molecule has 0 unspecified atom stereocenters. The summed E-state index contributed by atoms with van der Waals surface area (Å²) in [4.78, 5) is 11.8. The molecule has 0 aliphatic heterocycles. The van der Waals surface area contributed by atoms with Crippen LogP contribution in [0.15, 0.2) is 12.1 Å². The fourth-order valence-corrected chi connectivity index (χ4v) is 3.42. The quantitative estimate of drug-likeness (QED) is 0.0828. The highest BCUT2D eigenvalue weighted by Gasteiger charge is 2.15. The molecule has 0 fully saturated rings. The zero-order valence-corrected chi connectivity index (χ0v) is 24.4. The Balaban J connectivity index is 2.69. The fourth-order valence-electron chi connectivity index (χ4n) is 3.42. The average Bonchev–Trinajstić information content (AvgIpc) is 2.99. The van der Waals surface area contributed by atoms with Crippen LogP contribution in [0, 0.1) is 0 Å². The first kappa shape index (κ1) is 38.2. The molecule has 244 valence electrons. The standard InChI is InChI=1S/C28H48O14/c29-1-4-34-7-10-37-13-16-40-21-25-19-24(28(32)33)20-26(22-41-17-14-38-11-8-35-5-2-30)27(25)23-42-18-15-39-12-9-36-6-3-31/h19-20,29-31H,1-18,21-23H2,(H,32,33). The number of aromatic carboxylic acids is 1. The van der Waals surface area contributed by atoms with Gasteiger partial charge in [-0.15, -0.1) is 0 Å². The smallest absolute Gasteiger partial charge is 0.335 e. The van der Waals surface area contributed by atoms with Gasteiger partial charge in [-0.3, -0.25) is 0 Å². The monoisotopic (exact) mass is 608 g/mol. The van der Waals surface area contributed by atoms with Crippen molar-refractivity contribution >= 4 is 5.97 Å². The van der Waals surface area contributed by atoms with Crippen LogP contribution in [-0.2, 0) is 62.5 Å². The molecule has 0 heterocycles. The van der Waals surface area contributed by atoms with Crippen molar-refractivity contribution in [2.75, 3.05) is 119 Å². The van der Waals surface area contributed by atoms with E-state index >= 15 is 0 Å². The Morgan fingerprint density at radius 2 is 0.738 bits per heavy atom. The normalized spacial score (nSPS) is 11.4. The maximum Gasteiger partial charge on any atom is 0.335 e. The topological polar surface area (TPSA) is 181 Å². The predicted molar refractivity (Wildman–Crippen MR) is 149 cm³/mol. The number of aliphatic hydroxyl groups excluding tert-OH is 3. The van der Waals surface area contributed by atoms with Gasteiger partial charge in [0.2, 0.25) is 0 Å². The number of hydrogen-bond donors (Lipinski definition) is 4. The molecule has 14 nitrogen and oxygen atoms in total. The lowest BCUT2D eigenvalue weighted by molar-refractivity contribution is -0.000246. The molecule has 1 aromatic rings. The molecule has 0 aliphatic rings. The van der Waals surface area contributed by atoms with Gasteiger partial charge in [0.1, 0.15) is 0 Å². The average molecular weight is 609 g/mol. The maximum absolute atomic E-state index is 11.8. The van der Waals surface area contributed by atoms with Crippen LogP contribution >= 0.6 is 0 Å². The lowest BCUT2D eigenvalue weighted by Gasteiger charge is -2.17. The lowest BCUT2D eigenvalue weighted by atomic mass is 9.98. The highest BCUT2D eigenvalue weighted by molar-refractivity contribution is 5.88. The maximum atomic E-state index is 11.8. The summed E-state index contributed by atoms with van der Waals surface area (Å²) < 4.78 is 49.1. The summed E-state index contributed by atoms with van der Waals surface area (Å²) in [5.74, 6) is -1.07. The molecule has 0 radical (unpaired) electrons. The highest BCUT2D eigenvalue weighted by atomic mass is 16.6. The zero-order valence-electron chi connectivity index (χ0n) is 24.4. The number of carbonyl (C=O) groups is 1. The van der Waals surface area contributed by atoms with Gasteiger partial charge >= 0.3 is 5.97 Å². The van der Waals surface area contributed by atoms with E-state index in [9.17, 15) is 9.90 Å². The zero-order chi connectivity index (χ0) is 30.5. The molecule has 0 atom stereocenters. The minimum absolute atomic E-state index is 0.0390. The second-order valence-electron chi connectivity index (χ2n) is 8.58. The number of aliphatic hydroxyl groups is 3. The van der Waals surface area contributed by atoms with Gasteiger partial charge in [0, 0.05) is 0 Å². The molecule has 42 heavy (non-hydrogen) atoms. The Hall–Kier alpha value is -1.79. The van der Waals surface area contributed by atoms with Crippen LogP contribution in [0.4, 0.5) is 0 Å². The third-order valence-corrected chi connectivity index (χ3v) is 5.38. The van der Waals surface area contributed by atoms with Gasteiger partial charge in [0.15, 0.2) is 0 Å². The first-order valence-corrected chi connectivity index (χ1v) is 14.0. The summed E-state index contributed by atoms with van der Waals surface area (Å²) in [6.07, 6.45) is 0. The van der Waals surface area contributed by atoms with Crippen molar-refractivity contribution in [2.45, 2.75) is 19.8 Å². The van der Waals surface area contributed by atoms with E-state index in [0.29, 0.717) is 77.2 Å². The number of carboxylic acid groups (broad SMARTS) is 1. The van der Waals surface area contributed by atoms with Gasteiger partial charge in [-0.2, -0.15) is 0 Å². The molecule has 1 rings (SSSR count). The Kier molecular flexibility index (Phi) is 25.5. The van der Waals surface area contributed by atoms with E-state index in [0.717, 1.165) is 5.56 Å². The summed E-state index contributed by atoms with van der Waals surface area (Å²) in [6, 6.07) is 3.14. The predicted octanol–water partition coefficient (Wildman–Crippen LogP) is 0.0111. The number of carboxylic acids is 1. The summed E-state index contributed by atoms with van der Waals surface area (Å²) >= 11 is 0. The van der Waals surface area contributed by atoms with E-state index in [1.807, 2.05) is 0 Å². The largest absolute Gasteiger partial charge is 0.478 e. The molecular formula is C28H48O14. The molecule has 0 aliphatic carbocycles. The molecule has 4 N–H and O–H groups in total. The third-order valence-electron chi connectivity index (χ3n) is 5.38. The first-order chi connectivity index (χ1) is 20.6. The fraction of sp³-hybridized carbons (Fsp3) is 0.750. The number of hydrogen-bond acceptors (Lipinski definition) is 13. The van der Waals surface area contributed by atoms with Gasteiger partial charge in [0.25, 0.3) is 0 Å². The Morgan fingerprint density at radius 1 is 0.452 bits per heavy atom.